The maximum atomic E-state index is 13.9. The molecule has 0 spiro atoms. The molecular weight excluding hydrogens is 528 g/mol. The number of nitrogens with zero attached hydrogens (tertiary/aromatic N) is 2. The number of aliphatic carboxylic acids is 1. The van der Waals surface area contributed by atoms with Crippen LogP contribution < -0.4 is 10.6 Å². The molecule has 1 unspecified atom stereocenters. The van der Waals surface area contributed by atoms with Crippen molar-refractivity contribution in [3.8, 4) is 0 Å². The van der Waals surface area contributed by atoms with E-state index >= 15 is 0 Å². The average molecular weight is 569 g/mol. The fraction of sp³-hybridized carbons (Fsp3) is 0.567. The molecule has 1 aromatic rings. The smallest absolute Gasteiger partial charge is 0.408 e. The third-order valence-electron chi connectivity index (χ3n) is 7.52. The first-order valence-electron chi connectivity index (χ1n) is 14.2. The van der Waals surface area contributed by atoms with Gasteiger partial charge in [-0.2, -0.15) is 0 Å². The van der Waals surface area contributed by atoms with Crippen molar-refractivity contribution in [3.05, 3.63) is 48.0 Å². The van der Waals surface area contributed by atoms with Crippen LogP contribution >= 0.6 is 0 Å². The van der Waals surface area contributed by atoms with Crippen LogP contribution in [-0.2, 0) is 24.0 Å². The number of alkyl carbamates (subject to hydrolysis) is 1. The molecule has 222 valence electrons. The SMILES string of the molecule is CC(C)(C)OC(=O)N[C@H]1CCCCC/C=C\C2C[C@@]2(C(=O)O)NC(=O)[C@@H]2C[C@@H](O/N=C/c3ccccc3)CN2C1=O. The summed E-state index contributed by atoms with van der Waals surface area (Å²) < 4.78 is 5.40. The molecule has 1 saturated carbocycles. The molecule has 41 heavy (non-hydrogen) atoms. The maximum absolute atomic E-state index is 13.9. The zero-order valence-electron chi connectivity index (χ0n) is 23.9. The predicted octanol–water partition coefficient (Wildman–Crippen LogP) is 3.38. The van der Waals surface area contributed by atoms with E-state index in [1.165, 1.54) is 4.90 Å². The Morgan fingerprint density at radius 1 is 1.17 bits per heavy atom. The predicted molar refractivity (Wildman–Crippen MR) is 151 cm³/mol. The highest BCUT2D eigenvalue weighted by Gasteiger charge is 2.61. The molecule has 3 N–H and O–H groups in total. The molecule has 11 heteroatoms. The lowest BCUT2D eigenvalue weighted by Gasteiger charge is -2.30. The Labute approximate surface area is 240 Å². The van der Waals surface area contributed by atoms with E-state index in [0.717, 1.165) is 24.8 Å². The van der Waals surface area contributed by atoms with E-state index in [1.807, 2.05) is 42.5 Å². The van der Waals surface area contributed by atoms with Gasteiger partial charge in [0.1, 0.15) is 29.3 Å². The fourth-order valence-electron chi connectivity index (χ4n) is 5.30. The highest BCUT2D eigenvalue weighted by Crippen LogP contribution is 2.45. The minimum atomic E-state index is -1.40. The van der Waals surface area contributed by atoms with Crippen LogP contribution in [0.3, 0.4) is 0 Å². The number of oxime groups is 1. The highest BCUT2D eigenvalue weighted by molar-refractivity contribution is 5.96. The monoisotopic (exact) mass is 568 g/mol. The molecule has 11 nitrogen and oxygen atoms in total. The minimum Gasteiger partial charge on any atom is -0.479 e. The largest absolute Gasteiger partial charge is 0.479 e. The summed E-state index contributed by atoms with van der Waals surface area (Å²) in [6, 6.07) is 7.43. The van der Waals surface area contributed by atoms with Gasteiger partial charge in [0.15, 0.2) is 0 Å². The van der Waals surface area contributed by atoms with E-state index in [0.29, 0.717) is 12.8 Å². The number of ether oxygens (including phenoxy) is 1. The maximum Gasteiger partial charge on any atom is 0.408 e. The normalized spacial score (nSPS) is 29.8. The number of fused-ring (bicyclic) bond motifs is 2. The van der Waals surface area contributed by atoms with E-state index in [-0.39, 0.29) is 25.3 Å². The minimum absolute atomic E-state index is 0.0545. The molecular formula is C30H40N4O7. The first kappa shape index (κ1) is 30.1. The van der Waals surface area contributed by atoms with E-state index in [4.69, 9.17) is 9.57 Å². The first-order valence-corrected chi connectivity index (χ1v) is 14.2. The van der Waals surface area contributed by atoms with Crippen LogP contribution in [-0.4, -0.2) is 76.0 Å². The molecule has 3 amide bonds. The lowest BCUT2D eigenvalue weighted by molar-refractivity contribution is -0.145. The van der Waals surface area contributed by atoms with Gasteiger partial charge in [-0.05, 0) is 52.0 Å². The Kier molecular flexibility index (Phi) is 9.35. The van der Waals surface area contributed by atoms with Gasteiger partial charge in [-0.15, -0.1) is 0 Å². The highest BCUT2D eigenvalue weighted by atomic mass is 16.6. The quantitative estimate of drug-likeness (QED) is 0.280. The summed E-state index contributed by atoms with van der Waals surface area (Å²) in [6.45, 7) is 5.26. The van der Waals surface area contributed by atoms with Crippen LogP contribution in [0.15, 0.2) is 47.6 Å². The van der Waals surface area contributed by atoms with E-state index in [1.54, 1.807) is 27.0 Å². The van der Waals surface area contributed by atoms with Crippen LogP contribution in [0, 0.1) is 5.92 Å². The number of amides is 3. The Hall–Kier alpha value is -3.89. The van der Waals surface area contributed by atoms with Gasteiger partial charge < -0.3 is 30.2 Å². The van der Waals surface area contributed by atoms with Crippen molar-refractivity contribution in [3.63, 3.8) is 0 Å². The van der Waals surface area contributed by atoms with Gasteiger partial charge >= 0.3 is 12.1 Å². The third-order valence-corrected chi connectivity index (χ3v) is 7.52. The number of hydrogen-bond donors (Lipinski definition) is 3. The van der Waals surface area contributed by atoms with Crippen molar-refractivity contribution >= 4 is 30.1 Å². The molecule has 1 aliphatic carbocycles. The van der Waals surface area contributed by atoms with Crippen molar-refractivity contribution in [1.29, 1.82) is 0 Å². The molecule has 4 rings (SSSR count). The topological polar surface area (TPSA) is 147 Å². The van der Waals surface area contributed by atoms with Crippen LogP contribution in [0.4, 0.5) is 4.79 Å². The zero-order valence-corrected chi connectivity index (χ0v) is 23.9. The summed E-state index contributed by atoms with van der Waals surface area (Å²) in [6.07, 6.45) is 7.93. The second kappa shape index (κ2) is 12.7. The zero-order chi connectivity index (χ0) is 29.6. The summed E-state index contributed by atoms with van der Waals surface area (Å²) in [5, 5.41) is 19.5. The number of allylic oxidation sites excluding steroid dienone is 1. The molecule has 0 radical (unpaired) electrons. The number of rotatable bonds is 5. The number of nitrogens with one attached hydrogen (secondary N) is 2. The van der Waals surface area contributed by atoms with Crippen molar-refractivity contribution in [1.82, 2.24) is 15.5 Å². The molecule has 0 bridgehead atoms. The van der Waals surface area contributed by atoms with Gasteiger partial charge in [0, 0.05) is 12.3 Å². The van der Waals surface area contributed by atoms with Crippen LogP contribution in [0.25, 0.3) is 0 Å². The van der Waals surface area contributed by atoms with Crippen molar-refractivity contribution < 1.29 is 33.9 Å². The number of carboxylic acids is 1. The number of benzene rings is 1. The Morgan fingerprint density at radius 3 is 2.63 bits per heavy atom. The second-order valence-electron chi connectivity index (χ2n) is 12.0. The lowest BCUT2D eigenvalue weighted by atomic mass is 10.0. The number of carboxylic acid groups (broad SMARTS) is 1. The molecule has 2 fully saturated rings. The standard InChI is InChI=1S/C30H40N4O7/c1-29(2,3)40-28(39)32-23-15-11-6-4-5-10-14-21-17-30(21,27(37)38)33-25(35)24-16-22(19-34(24)26(23)36)41-31-18-20-12-8-7-9-13-20/h7-10,12-14,18,21-24H,4-6,11,15-17,19H2,1-3H3,(H,32,39)(H,33,35)(H,37,38)/b14-10-,31-18+/t21?,22-,23+,24+,30-/m1/s1. The lowest BCUT2D eigenvalue weighted by Crippen LogP contribution is -2.56. The summed E-state index contributed by atoms with van der Waals surface area (Å²) in [4.78, 5) is 59.4. The van der Waals surface area contributed by atoms with Gasteiger partial charge in [0.2, 0.25) is 11.8 Å². The van der Waals surface area contributed by atoms with Crippen molar-refractivity contribution in [2.45, 2.75) is 95.0 Å². The molecule has 5 atom stereocenters. The molecule has 1 aromatic carbocycles. The van der Waals surface area contributed by atoms with Gasteiger partial charge in [-0.25, -0.2) is 9.59 Å². The first-order chi connectivity index (χ1) is 19.5. The van der Waals surface area contributed by atoms with E-state index < -0.39 is 53.2 Å². The molecule has 3 aliphatic rings. The summed E-state index contributed by atoms with van der Waals surface area (Å²) in [5.74, 6) is -2.44. The van der Waals surface area contributed by atoms with Gasteiger partial charge in [0.25, 0.3) is 0 Å². The molecule has 0 aromatic heterocycles. The van der Waals surface area contributed by atoms with Crippen LogP contribution in [0.2, 0.25) is 0 Å². The van der Waals surface area contributed by atoms with E-state index in [2.05, 4.69) is 15.8 Å². The van der Waals surface area contributed by atoms with Gasteiger partial charge in [-0.1, -0.05) is 60.5 Å². The van der Waals surface area contributed by atoms with Crippen molar-refractivity contribution in [2.75, 3.05) is 6.54 Å². The number of carbonyl (C=O) groups is 4. The molecule has 2 aliphatic heterocycles. The summed E-state index contributed by atoms with van der Waals surface area (Å²) in [5.41, 5.74) is -1.33. The average Bonchev–Trinajstić information content (AvgIpc) is 3.43. The number of carbonyl (C=O) groups excluding carboxylic acids is 3. The summed E-state index contributed by atoms with van der Waals surface area (Å²) >= 11 is 0. The van der Waals surface area contributed by atoms with Gasteiger partial charge in [0.05, 0.1) is 12.8 Å². The van der Waals surface area contributed by atoms with Gasteiger partial charge in [-0.3, -0.25) is 9.59 Å². The summed E-state index contributed by atoms with van der Waals surface area (Å²) in [7, 11) is 0. The Bertz CT molecular complexity index is 1180. The number of hydrogen-bond acceptors (Lipinski definition) is 7. The molecule has 2 heterocycles. The van der Waals surface area contributed by atoms with E-state index in [9.17, 15) is 24.3 Å². The second-order valence-corrected chi connectivity index (χ2v) is 12.0. The fourth-order valence-corrected chi connectivity index (χ4v) is 5.30. The van der Waals surface area contributed by atoms with Crippen molar-refractivity contribution in [2.24, 2.45) is 11.1 Å². The molecule has 1 saturated heterocycles. The third kappa shape index (κ3) is 7.86. The Balaban J connectivity index is 1.57. The van der Waals surface area contributed by atoms with Crippen LogP contribution in [0.1, 0.15) is 71.3 Å². The van der Waals surface area contributed by atoms with Crippen LogP contribution in [0.5, 0.6) is 0 Å². The Morgan fingerprint density at radius 2 is 1.93 bits per heavy atom.